The van der Waals surface area contributed by atoms with Gasteiger partial charge in [0.25, 0.3) is 5.91 Å². The fourth-order valence-corrected chi connectivity index (χ4v) is 3.32. The lowest BCUT2D eigenvalue weighted by Crippen LogP contribution is -2.25. The minimum atomic E-state index is -0.107. The van der Waals surface area contributed by atoms with E-state index in [0.29, 0.717) is 17.2 Å². The molecule has 1 N–H and O–H groups in total. The van der Waals surface area contributed by atoms with Gasteiger partial charge in [0.15, 0.2) is 0 Å². The summed E-state index contributed by atoms with van der Waals surface area (Å²) < 4.78 is 5.82. The molecule has 0 saturated heterocycles. The number of ether oxygens (including phenoxy) is 1. The molecule has 0 spiro atoms. The summed E-state index contributed by atoms with van der Waals surface area (Å²) in [5, 5.41) is 3.48. The summed E-state index contributed by atoms with van der Waals surface area (Å²) in [5.41, 5.74) is 3.21. The Kier molecular flexibility index (Phi) is 6.54. The predicted molar refractivity (Wildman–Crippen MR) is 112 cm³/mol. The maximum Gasteiger partial charge on any atom is 0.256 e. The molecule has 1 amide bonds. The first-order valence-electron chi connectivity index (χ1n) is 9.39. The van der Waals surface area contributed by atoms with E-state index in [4.69, 9.17) is 16.3 Å². The molecular weight excluding hydrogens is 360 g/mol. The molecule has 0 aliphatic carbocycles. The zero-order valence-electron chi connectivity index (χ0n) is 15.8. The number of nitrogens with zero attached hydrogens (tertiary/aromatic N) is 1. The van der Waals surface area contributed by atoms with Crippen LogP contribution in [0.1, 0.15) is 31.4 Å². The van der Waals surface area contributed by atoms with Crippen LogP contribution in [0, 0.1) is 0 Å². The van der Waals surface area contributed by atoms with Gasteiger partial charge in [0.2, 0.25) is 0 Å². The number of anilines is 1. The molecule has 2 aromatic carbocycles. The van der Waals surface area contributed by atoms with Crippen molar-refractivity contribution >= 4 is 34.8 Å². The highest BCUT2D eigenvalue weighted by atomic mass is 35.5. The van der Waals surface area contributed by atoms with Gasteiger partial charge in [0.05, 0.1) is 6.61 Å². The topological polar surface area (TPSA) is 41.6 Å². The number of fused-ring (bicyclic) bond motifs is 1. The van der Waals surface area contributed by atoms with E-state index in [1.165, 1.54) is 0 Å². The lowest BCUT2D eigenvalue weighted by Gasteiger charge is -2.17. The molecular formula is C22H25ClN2O2. The van der Waals surface area contributed by atoms with Gasteiger partial charge in [0, 0.05) is 28.4 Å². The van der Waals surface area contributed by atoms with Crippen molar-refractivity contribution in [2.24, 2.45) is 0 Å². The lowest BCUT2D eigenvalue weighted by molar-refractivity contribution is -0.110. The van der Waals surface area contributed by atoms with E-state index in [1.807, 2.05) is 42.5 Å². The van der Waals surface area contributed by atoms with Crippen LogP contribution >= 0.6 is 11.6 Å². The maximum absolute atomic E-state index is 12.2. The molecule has 27 heavy (non-hydrogen) atoms. The van der Waals surface area contributed by atoms with Gasteiger partial charge in [-0.05, 0) is 61.5 Å². The van der Waals surface area contributed by atoms with Crippen molar-refractivity contribution in [3.63, 3.8) is 0 Å². The second-order valence-corrected chi connectivity index (χ2v) is 6.94. The molecule has 3 rings (SSSR count). The van der Waals surface area contributed by atoms with Gasteiger partial charge in [-0.3, -0.25) is 4.79 Å². The monoisotopic (exact) mass is 384 g/mol. The number of rotatable bonds is 8. The second kappa shape index (κ2) is 9.07. The molecule has 1 aliphatic rings. The van der Waals surface area contributed by atoms with E-state index in [9.17, 15) is 4.79 Å². The van der Waals surface area contributed by atoms with Crippen LogP contribution in [0.4, 0.5) is 5.69 Å². The van der Waals surface area contributed by atoms with Crippen LogP contribution in [-0.2, 0) is 4.79 Å². The quantitative estimate of drug-likeness (QED) is 0.517. The molecule has 0 unspecified atom stereocenters. The number of carbonyl (C=O) groups is 1. The van der Waals surface area contributed by atoms with E-state index in [2.05, 4.69) is 24.1 Å². The average Bonchev–Trinajstić information content (AvgIpc) is 2.98. The molecule has 0 fully saturated rings. The van der Waals surface area contributed by atoms with Crippen molar-refractivity contribution in [1.29, 1.82) is 0 Å². The predicted octanol–water partition coefficient (Wildman–Crippen LogP) is 4.94. The molecule has 0 atom stereocenters. The Balaban J connectivity index is 1.62. The van der Waals surface area contributed by atoms with Crippen LogP contribution in [0.15, 0.2) is 42.5 Å². The Morgan fingerprint density at radius 1 is 1.11 bits per heavy atom. The number of hydrogen-bond donors (Lipinski definition) is 1. The van der Waals surface area contributed by atoms with E-state index >= 15 is 0 Å². The normalized spacial score (nSPS) is 14.5. The molecule has 0 saturated carbocycles. The first-order valence-corrected chi connectivity index (χ1v) is 9.76. The third-order valence-electron chi connectivity index (χ3n) is 4.74. The van der Waals surface area contributed by atoms with Crippen molar-refractivity contribution in [3.8, 4) is 5.75 Å². The van der Waals surface area contributed by atoms with Crippen LogP contribution in [0.5, 0.6) is 5.75 Å². The number of hydrogen-bond acceptors (Lipinski definition) is 3. The van der Waals surface area contributed by atoms with Gasteiger partial charge < -0.3 is 15.0 Å². The number of nitrogens with one attached hydrogen (secondary N) is 1. The molecule has 4 nitrogen and oxygen atoms in total. The van der Waals surface area contributed by atoms with E-state index in [0.717, 1.165) is 48.6 Å². The summed E-state index contributed by atoms with van der Waals surface area (Å²) in [6.45, 7) is 8.24. The number of amides is 1. The number of carbonyl (C=O) groups excluding carboxylic acids is 1. The standard InChI is InChI=1S/C22H25ClN2O2/c1-3-25(4-2)12-5-13-27-18-9-6-16(7-10-18)14-20-19-15-17(23)8-11-21(19)24-22(20)26/h6-11,14-15H,3-5,12-13H2,1-2H3,(H,24,26)/b20-14-. The van der Waals surface area contributed by atoms with Crippen LogP contribution in [0.25, 0.3) is 11.6 Å². The molecule has 0 radical (unpaired) electrons. The number of halogens is 1. The third kappa shape index (κ3) is 4.90. The smallest absolute Gasteiger partial charge is 0.256 e. The third-order valence-corrected chi connectivity index (χ3v) is 4.97. The lowest BCUT2D eigenvalue weighted by atomic mass is 10.0. The van der Waals surface area contributed by atoms with Gasteiger partial charge in [0.1, 0.15) is 5.75 Å². The van der Waals surface area contributed by atoms with Crippen LogP contribution in [0.2, 0.25) is 5.02 Å². The summed E-state index contributed by atoms with van der Waals surface area (Å²) in [5.74, 6) is 0.736. The van der Waals surface area contributed by atoms with Gasteiger partial charge >= 0.3 is 0 Å². The molecule has 0 aromatic heterocycles. The van der Waals surface area contributed by atoms with E-state index < -0.39 is 0 Å². The Bertz CT molecular complexity index is 827. The molecule has 1 heterocycles. The fraction of sp³-hybridized carbons (Fsp3) is 0.318. The molecule has 142 valence electrons. The summed E-state index contributed by atoms with van der Waals surface area (Å²) in [4.78, 5) is 14.6. The molecule has 2 aromatic rings. The highest BCUT2D eigenvalue weighted by Crippen LogP contribution is 2.35. The minimum Gasteiger partial charge on any atom is -0.494 e. The van der Waals surface area contributed by atoms with Crippen LogP contribution in [0.3, 0.4) is 0 Å². The van der Waals surface area contributed by atoms with Crippen molar-refractivity contribution < 1.29 is 9.53 Å². The van der Waals surface area contributed by atoms with Gasteiger partial charge in [-0.2, -0.15) is 0 Å². The zero-order valence-corrected chi connectivity index (χ0v) is 16.6. The Hall–Kier alpha value is -2.30. The first kappa shape index (κ1) is 19.5. The van der Waals surface area contributed by atoms with Crippen molar-refractivity contribution in [3.05, 3.63) is 58.6 Å². The number of benzene rings is 2. The second-order valence-electron chi connectivity index (χ2n) is 6.50. The van der Waals surface area contributed by atoms with Gasteiger partial charge in [-0.25, -0.2) is 0 Å². The summed E-state index contributed by atoms with van der Waals surface area (Å²) in [6.07, 6.45) is 2.88. The maximum atomic E-state index is 12.2. The minimum absolute atomic E-state index is 0.107. The zero-order chi connectivity index (χ0) is 19.2. The summed E-state index contributed by atoms with van der Waals surface area (Å²) in [6, 6.07) is 13.2. The van der Waals surface area contributed by atoms with Crippen molar-refractivity contribution in [2.45, 2.75) is 20.3 Å². The average molecular weight is 385 g/mol. The molecule has 5 heteroatoms. The van der Waals surface area contributed by atoms with Crippen LogP contribution < -0.4 is 10.1 Å². The van der Waals surface area contributed by atoms with Crippen LogP contribution in [-0.4, -0.2) is 37.0 Å². The van der Waals surface area contributed by atoms with Gasteiger partial charge in [-0.1, -0.05) is 37.6 Å². The summed E-state index contributed by atoms with van der Waals surface area (Å²) >= 11 is 6.07. The summed E-state index contributed by atoms with van der Waals surface area (Å²) in [7, 11) is 0. The van der Waals surface area contributed by atoms with E-state index in [-0.39, 0.29) is 5.91 Å². The highest BCUT2D eigenvalue weighted by Gasteiger charge is 2.24. The first-order chi connectivity index (χ1) is 13.1. The Morgan fingerprint density at radius 2 is 1.85 bits per heavy atom. The Labute approximate surface area is 165 Å². The SMILES string of the molecule is CCN(CC)CCCOc1ccc(/C=C2\C(=O)Nc3ccc(Cl)cc32)cc1. The van der Waals surface area contributed by atoms with Gasteiger partial charge in [-0.15, -0.1) is 0 Å². The molecule has 1 aliphatic heterocycles. The largest absolute Gasteiger partial charge is 0.494 e. The van der Waals surface area contributed by atoms with Crippen molar-refractivity contribution in [2.75, 3.05) is 31.6 Å². The Morgan fingerprint density at radius 3 is 2.56 bits per heavy atom. The van der Waals surface area contributed by atoms with E-state index in [1.54, 1.807) is 6.07 Å². The fourth-order valence-electron chi connectivity index (χ4n) is 3.15. The highest BCUT2D eigenvalue weighted by molar-refractivity contribution is 6.36. The molecule has 0 bridgehead atoms. The van der Waals surface area contributed by atoms with Crippen molar-refractivity contribution in [1.82, 2.24) is 4.90 Å².